The van der Waals surface area contributed by atoms with Gasteiger partial charge in [0.05, 0.1) is 0 Å². The quantitative estimate of drug-likeness (QED) is 0.640. The van der Waals surface area contributed by atoms with Gasteiger partial charge in [0.15, 0.2) is 0 Å². The van der Waals surface area contributed by atoms with E-state index in [0.717, 1.165) is 0 Å². The summed E-state index contributed by atoms with van der Waals surface area (Å²) in [7, 11) is 0. The van der Waals surface area contributed by atoms with E-state index >= 15 is 0 Å². The zero-order chi connectivity index (χ0) is 11.3. The summed E-state index contributed by atoms with van der Waals surface area (Å²) in [4.78, 5) is 0. The Labute approximate surface area is 102 Å². The Kier molecular flexibility index (Phi) is 1.69. The minimum atomic E-state index is 0.178. The molecule has 0 heterocycles. The van der Waals surface area contributed by atoms with Crippen molar-refractivity contribution in [1.82, 2.24) is 0 Å². The topological polar surface area (TPSA) is 0 Å². The number of allylic oxidation sites excluding steroid dienone is 2. The molecule has 0 aromatic heterocycles. The molecule has 82 valence electrons. The number of fused-ring (bicyclic) bond motifs is 3. The first-order valence-corrected chi connectivity index (χ1v) is 6.24. The monoisotopic (exact) mass is 218 g/mol. The van der Waals surface area contributed by atoms with Gasteiger partial charge >= 0.3 is 0 Å². The summed E-state index contributed by atoms with van der Waals surface area (Å²) in [5.74, 6) is 0.669. The Morgan fingerprint density at radius 1 is 0.882 bits per heavy atom. The zero-order valence-electron chi connectivity index (χ0n) is 9.64. The first-order valence-electron chi connectivity index (χ1n) is 6.24. The van der Waals surface area contributed by atoms with E-state index in [-0.39, 0.29) is 5.41 Å². The smallest absolute Gasteiger partial charge is 0.0450 e. The van der Waals surface area contributed by atoms with Crippen LogP contribution in [0.5, 0.6) is 0 Å². The Hall–Kier alpha value is -1.82. The molecule has 0 aliphatic heterocycles. The highest BCUT2D eigenvalue weighted by molar-refractivity contribution is 5.58. The molecule has 2 atom stereocenters. The van der Waals surface area contributed by atoms with E-state index in [2.05, 4.69) is 66.7 Å². The summed E-state index contributed by atoms with van der Waals surface area (Å²) < 4.78 is 0. The van der Waals surface area contributed by atoms with Crippen molar-refractivity contribution in [3.63, 3.8) is 0 Å². The van der Waals surface area contributed by atoms with E-state index in [1.807, 2.05) is 0 Å². The molecule has 0 amide bonds. The predicted molar refractivity (Wildman–Crippen MR) is 70.0 cm³/mol. The number of rotatable bonds is 1. The van der Waals surface area contributed by atoms with Crippen LogP contribution in [0.2, 0.25) is 0 Å². The van der Waals surface area contributed by atoms with Crippen LogP contribution in [0.1, 0.15) is 16.7 Å². The van der Waals surface area contributed by atoms with Crippen LogP contribution < -0.4 is 0 Å². The van der Waals surface area contributed by atoms with E-state index < -0.39 is 0 Å². The van der Waals surface area contributed by atoms with Gasteiger partial charge in [0, 0.05) is 5.41 Å². The molecule has 0 radical (unpaired) electrons. The summed E-state index contributed by atoms with van der Waals surface area (Å²) in [6, 6.07) is 19.8. The van der Waals surface area contributed by atoms with Crippen molar-refractivity contribution < 1.29 is 0 Å². The van der Waals surface area contributed by atoms with Gasteiger partial charge < -0.3 is 0 Å². The molecular formula is C17H14. The maximum absolute atomic E-state index is 2.39. The van der Waals surface area contributed by atoms with Gasteiger partial charge in [-0.05, 0) is 29.0 Å². The first kappa shape index (κ1) is 9.23. The molecular weight excluding hydrogens is 204 g/mol. The second-order valence-electron chi connectivity index (χ2n) is 5.06. The van der Waals surface area contributed by atoms with Gasteiger partial charge in [-0.1, -0.05) is 66.7 Å². The SMILES string of the molecule is C1=CC2(c3ccccc3)c3ccccc3CC12. The fourth-order valence-electron chi connectivity index (χ4n) is 3.46. The molecule has 17 heavy (non-hydrogen) atoms. The maximum atomic E-state index is 2.39. The number of hydrogen-bond acceptors (Lipinski definition) is 0. The second kappa shape index (κ2) is 3.10. The Balaban J connectivity index is 1.97. The Morgan fingerprint density at radius 2 is 1.65 bits per heavy atom. The Morgan fingerprint density at radius 3 is 2.41 bits per heavy atom. The predicted octanol–water partition coefficient (Wildman–Crippen LogP) is 3.71. The summed E-state index contributed by atoms with van der Waals surface area (Å²) >= 11 is 0. The summed E-state index contributed by atoms with van der Waals surface area (Å²) in [5, 5.41) is 0. The Bertz CT molecular complexity index is 594. The molecule has 4 rings (SSSR count). The average molecular weight is 218 g/mol. The fourth-order valence-corrected chi connectivity index (χ4v) is 3.46. The third kappa shape index (κ3) is 1.03. The average Bonchev–Trinajstić information content (AvgIpc) is 2.59. The molecule has 2 aromatic carbocycles. The molecule has 2 unspecified atom stereocenters. The van der Waals surface area contributed by atoms with Crippen molar-refractivity contribution in [2.45, 2.75) is 11.8 Å². The summed E-state index contributed by atoms with van der Waals surface area (Å²) in [5.41, 5.74) is 4.65. The van der Waals surface area contributed by atoms with Gasteiger partial charge in [0.2, 0.25) is 0 Å². The van der Waals surface area contributed by atoms with Gasteiger partial charge in [0.25, 0.3) is 0 Å². The molecule has 2 aromatic rings. The van der Waals surface area contributed by atoms with Crippen molar-refractivity contribution >= 4 is 0 Å². The fraction of sp³-hybridized carbons (Fsp3) is 0.176. The van der Waals surface area contributed by atoms with Crippen LogP contribution in [0.4, 0.5) is 0 Å². The molecule has 0 saturated heterocycles. The van der Waals surface area contributed by atoms with Gasteiger partial charge in [-0.15, -0.1) is 0 Å². The molecule has 0 N–H and O–H groups in total. The minimum absolute atomic E-state index is 0.178. The molecule has 0 fully saturated rings. The van der Waals surface area contributed by atoms with Crippen LogP contribution in [-0.2, 0) is 11.8 Å². The lowest BCUT2D eigenvalue weighted by Crippen LogP contribution is -2.36. The third-order valence-electron chi connectivity index (χ3n) is 4.33. The molecule has 0 bridgehead atoms. The minimum Gasteiger partial charge on any atom is -0.0823 e. The van der Waals surface area contributed by atoms with Crippen LogP contribution in [0.25, 0.3) is 0 Å². The van der Waals surface area contributed by atoms with E-state index in [4.69, 9.17) is 0 Å². The molecule has 0 spiro atoms. The van der Waals surface area contributed by atoms with Crippen LogP contribution >= 0.6 is 0 Å². The van der Waals surface area contributed by atoms with Crippen molar-refractivity contribution in [3.8, 4) is 0 Å². The highest BCUT2D eigenvalue weighted by atomic mass is 14.5. The highest BCUT2D eigenvalue weighted by Gasteiger charge is 2.49. The molecule has 0 heteroatoms. The van der Waals surface area contributed by atoms with Crippen molar-refractivity contribution in [2.24, 2.45) is 5.92 Å². The summed E-state index contributed by atoms with van der Waals surface area (Å²) in [6.45, 7) is 0. The van der Waals surface area contributed by atoms with Crippen LogP contribution in [0.15, 0.2) is 66.7 Å². The van der Waals surface area contributed by atoms with Crippen LogP contribution in [0, 0.1) is 5.92 Å². The van der Waals surface area contributed by atoms with Gasteiger partial charge in [-0.25, -0.2) is 0 Å². The molecule has 0 saturated carbocycles. The third-order valence-corrected chi connectivity index (χ3v) is 4.33. The highest BCUT2D eigenvalue weighted by Crippen LogP contribution is 2.54. The molecule has 0 nitrogen and oxygen atoms in total. The van der Waals surface area contributed by atoms with Crippen molar-refractivity contribution in [1.29, 1.82) is 0 Å². The lowest BCUT2D eigenvalue weighted by Gasteiger charge is -2.40. The number of hydrogen-bond donors (Lipinski definition) is 0. The number of benzene rings is 2. The molecule has 2 aliphatic carbocycles. The van der Waals surface area contributed by atoms with E-state index in [1.54, 1.807) is 0 Å². The largest absolute Gasteiger partial charge is 0.0823 e. The van der Waals surface area contributed by atoms with Crippen LogP contribution in [-0.4, -0.2) is 0 Å². The van der Waals surface area contributed by atoms with E-state index in [0.29, 0.717) is 5.92 Å². The lowest BCUT2D eigenvalue weighted by molar-refractivity contribution is 0.452. The normalized spacial score (nSPS) is 28.4. The van der Waals surface area contributed by atoms with E-state index in [9.17, 15) is 0 Å². The first-order chi connectivity index (χ1) is 8.41. The summed E-state index contributed by atoms with van der Waals surface area (Å²) in [6.07, 6.45) is 5.95. The standard InChI is InChI=1S/C17H14/c1-2-7-14(8-3-1)17-11-10-15(17)12-13-6-4-5-9-16(13)17/h1-11,15H,12H2. The van der Waals surface area contributed by atoms with Gasteiger partial charge in [-0.2, -0.15) is 0 Å². The van der Waals surface area contributed by atoms with Crippen molar-refractivity contribution in [3.05, 3.63) is 83.4 Å². The zero-order valence-corrected chi connectivity index (χ0v) is 9.64. The van der Waals surface area contributed by atoms with Crippen LogP contribution in [0.3, 0.4) is 0 Å². The van der Waals surface area contributed by atoms with Crippen molar-refractivity contribution in [2.75, 3.05) is 0 Å². The van der Waals surface area contributed by atoms with Gasteiger partial charge in [-0.3, -0.25) is 0 Å². The second-order valence-corrected chi connectivity index (χ2v) is 5.06. The lowest BCUT2D eigenvalue weighted by atomic mass is 9.63. The van der Waals surface area contributed by atoms with Gasteiger partial charge in [0.1, 0.15) is 0 Å². The van der Waals surface area contributed by atoms with E-state index in [1.165, 1.54) is 23.1 Å². The maximum Gasteiger partial charge on any atom is 0.0450 e. The molecule has 2 aliphatic rings.